The van der Waals surface area contributed by atoms with Crippen LogP contribution in [0, 0.1) is 6.92 Å². The highest BCUT2D eigenvalue weighted by Gasteiger charge is 2.17. The summed E-state index contributed by atoms with van der Waals surface area (Å²) in [6.45, 7) is 8.56. The lowest BCUT2D eigenvalue weighted by atomic mass is 9.86. The standard InChI is InChI=1S/C16H22N2O/c1-11-9-13(10-19-11)15(18-17)12-5-7-14(8-6-12)16(2,3)4/h5-10,15,18H,17H2,1-4H3. The molecule has 0 bridgehead atoms. The number of hydrogen-bond donors (Lipinski definition) is 2. The molecule has 0 spiro atoms. The summed E-state index contributed by atoms with van der Waals surface area (Å²) in [6, 6.07) is 10.5. The van der Waals surface area contributed by atoms with Crippen molar-refractivity contribution in [1.29, 1.82) is 0 Å². The third-order valence-corrected chi connectivity index (χ3v) is 3.36. The first kappa shape index (κ1) is 13.8. The van der Waals surface area contributed by atoms with Crippen LogP contribution < -0.4 is 11.3 Å². The Bertz CT molecular complexity index is 535. The SMILES string of the molecule is Cc1cc(C(NN)c2ccc(C(C)(C)C)cc2)co1. The average molecular weight is 258 g/mol. The summed E-state index contributed by atoms with van der Waals surface area (Å²) in [5.74, 6) is 6.57. The van der Waals surface area contributed by atoms with Crippen LogP contribution in [0.2, 0.25) is 0 Å². The lowest BCUT2D eigenvalue weighted by Gasteiger charge is -2.21. The highest BCUT2D eigenvalue weighted by molar-refractivity contribution is 5.34. The predicted molar refractivity (Wildman–Crippen MR) is 77.8 cm³/mol. The van der Waals surface area contributed by atoms with E-state index in [2.05, 4.69) is 50.5 Å². The van der Waals surface area contributed by atoms with Crippen molar-refractivity contribution in [3.05, 3.63) is 59.0 Å². The molecule has 0 radical (unpaired) electrons. The number of aryl methyl sites for hydroxylation is 1. The molecule has 0 aliphatic rings. The quantitative estimate of drug-likeness (QED) is 0.655. The number of furan rings is 1. The summed E-state index contributed by atoms with van der Waals surface area (Å²) >= 11 is 0. The highest BCUT2D eigenvalue weighted by atomic mass is 16.3. The van der Waals surface area contributed by atoms with E-state index in [1.165, 1.54) is 5.56 Å². The maximum atomic E-state index is 5.68. The Hall–Kier alpha value is -1.58. The van der Waals surface area contributed by atoms with Crippen LogP contribution in [0.5, 0.6) is 0 Å². The molecule has 1 aromatic carbocycles. The maximum absolute atomic E-state index is 5.68. The molecule has 1 unspecified atom stereocenters. The van der Waals surface area contributed by atoms with Gasteiger partial charge in [-0.1, -0.05) is 45.0 Å². The second kappa shape index (κ2) is 5.19. The van der Waals surface area contributed by atoms with E-state index in [0.29, 0.717) is 0 Å². The zero-order valence-corrected chi connectivity index (χ0v) is 12.0. The molecule has 3 N–H and O–H groups in total. The summed E-state index contributed by atoms with van der Waals surface area (Å²) in [5, 5.41) is 0. The van der Waals surface area contributed by atoms with Gasteiger partial charge in [-0.15, -0.1) is 0 Å². The normalized spacial score (nSPS) is 13.5. The maximum Gasteiger partial charge on any atom is 0.101 e. The second-order valence-corrected chi connectivity index (χ2v) is 5.96. The van der Waals surface area contributed by atoms with Crippen molar-refractivity contribution >= 4 is 0 Å². The minimum atomic E-state index is -0.0357. The van der Waals surface area contributed by atoms with Gasteiger partial charge in [0, 0.05) is 5.56 Å². The fraction of sp³-hybridized carbons (Fsp3) is 0.375. The zero-order chi connectivity index (χ0) is 14.0. The van der Waals surface area contributed by atoms with Crippen molar-refractivity contribution in [2.45, 2.75) is 39.2 Å². The van der Waals surface area contributed by atoms with Crippen LogP contribution in [0.4, 0.5) is 0 Å². The summed E-state index contributed by atoms with van der Waals surface area (Å²) in [4.78, 5) is 0. The summed E-state index contributed by atoms with van der Waals surface area (Å²) in [5.41, 5.74) is 6.50. The Balaban J connectivity index is 2.30. The van der Waals surface area contributed by atoms with Crippen molar-refractivity contribution < 1.29 is 4.42 Å². The Labute approximate surface area is 114 Å². The number of hydrazine groups is 1. The third kappa shape index (κ3) is 3.06. The third-order valence-electron chi connectivity index (χ3n) is 3.36. The summed E-state index contributed by atoms with van der Waals surface area (Å²) in [7, 11) is 0. The molecular formula is C16H22N2O. The van der Waals surface area contributed by atoms with E-state index in [1.807, 2.05) is 13.0 Å². The van der Waals surface area contributed by atoms with Crippen molar-refractivity contribution in [2.75, 3.05) is 0 Å². The predicted octanol–water partition coefficient (Wildman–Crippen LogP) is 3.44. The van der Waals surface area contributed by atoms with E-state index >= 15 is 0 Å². The average Bonchev–Trinajstić information content (AvgIpc) is 2.76. The molecule has 3 heteroatoms. The molecule has 0 fully saturated rings. The van der Waals surface area contributed by atoms with E-state index in [9.17, 15) is 0 Å². The largest absolute Gasteiger partial charge is 0.469 e. The zero-order valence-electron chi connectivity index (χ0n) is 12.0. The first-order chi connectivity index (χ1) is 8.91. The fourth-order valence-electron chi connectivity index (χ4n) is 2.18. The molecule has 3 nitrogen and oxygen atoms in total. The van der Waals surface area contributed by atoms with Crippen molar-refractivity contribution in [3.63, 3.8) is 0 Å². The summed E-state index contributed by atoms with van der Waals surface area (Å²) in [6.07, 6.45) is 1.75. The molecule has 102 valence electrons. The van der Waals surface area contributed by atoms with Crippen molar-refractivity contribution in [2.24, 2.45) is 5.84 Å². The number of benzene rings is 1. The first-order valence-electron chi connectivity index (χ1n) is 6.53. The van der Waals surface area contributed by atoms with Gasteiger partial charge in [0.05, 0.1) is 12.3 Å². The molecule has 0 saturated carbocycles. The molecule has 0 aliphatic heterocycles. The van der Waals surface area contributed by atoms with Crippen LogP contribution in [0.15, 0.2) is 41.0 Å². The monoisotopic (exact) mass is 258 g/mol. The van der Waals surface area contributed by atoms with Crippen LogP contribution in [-0.4, -0.2) is 0 Å². The smallest absolute Gasteiger partial charge is 0.101 e. The molecule has 19 heavy (non-hydrogen) atoms. The first-order valence-corrected chi connectivity index (χ1v) is 6.53. The molecule has 1 heterocycles. The van der Waals surface area contributed by atoms with E-state index in [-0.39, 0.29) is 11.5 Å². The van der Waals surface area contributed by atoms with E-state index in [1.54, 1.807) is 6.26 Å². The van der Waals surface area contributed by atoms with Gasteiger partial charge < -0.3 is 4.42 Å². The molecule has 1 atom stereocenters. The number of nitrogens with one attached hydrogen (secondary N) is 1. The van der Waals surface area contributed by atoms with Gasteiger partial charge in [-0.2, -0.15) is 0 Å². The molecule has 0 amide bonds. The highest BCUT2D eigenvalue weighted by Crippen LogP contribution is 2.27. The van der Waals surface area contributed by atoms with Crippen LogP contribution in [-0.2, 0) is 5.41 Å². The molecule has 2 rings (SSSR count). The van der Waals surface area contributed by atoms with Gasteiger partial charge in [0.15, 0.2) is 0 Å². The van der Waals surface area contributed by atoms with Crippen molar-refractivity contribution in [3.8, 4) is 0 Å². The van der Waals surface area contributed by atoms with Gasteiger partial charge >= 0.3 is 0 Å². The number of rotatable bonds is 3. The van der Waals surface area contributed by atoms with Gasteiger partial charge in [-0.25, -0.2) is 5.43 Å². The van der Waals surface area contributed by atoms with Crippen LogP contribution in [0.1, 0.15) is 49.3 Å². The van der Waals surface area contributed by atoms with Gasteiger partial charge in [-0.3, -0.25) is 5.84 Å². The summed E-state index contributed by atoms with van der Waals surface area (Å²) < 4.78 is 5.35. The van der Waals surface area contributed by atoms with Crippen LogP contribution in [0.25, 0.3) is 0 Å². The number of nitrogens with two attached hydrogens (primary N) is 1. The Kier molecular flexibility index (Phi) is 3.78. The number of hydrogen-bond acceptors (Lipinski definition) is 3. The van der Waals surface area contributed by atoms with Crippen LogP contribution in [0.3, 0.4) is 0 Å². The Morgan fingerprint density at radius 2 is 1.74 bits per heavy atom. The topological polar surface area (TPSA) is 51.2 Å². The van der Waals surface area contributed by atoms with Gasteiger partial charge in [0.25, 0.3) is 0 Å². The Morgan fingerprint density at radius 1 is 1.11 bits per heavy atom. The van der Waals surface area contributed by atoms with E-state index < -0.39 is 0 Å². The fourth-order valence-corrected chi connectivity index (χ4v) is 2.18. The lowest BCUT2D eigenvalue weighted by molar-refractivity contribution is 0.525. The van der Waals surface area contributed by atoms with Gasteiger partial charge in [0.2, 0.25) is 0 Å². The minimum absolute atomic E-state index is 0.0357. The molecule has 2 aromatic rings. The van der Waals surface area contributed by atoms with Crippen molar-refractivity contribution in [1.82, 2.24) is 5.43 Å². The Morgan fingerprint density at radius 3 is 2.16 bits per heavy atom. The van der Waals surface area contributed by atoms with E-state index in [4.69, 9.17) is 10.3 Å². The molecule has 0 aliphatic carbocycles. The molecule has 0 saturated heterocycles. The van der Waals surface area contributed by atoms with Crippen LogP contribution >= 0.6 is 0 Å². The molecular weight excluding hydrogens is 236 g/mol. The lowest BCUT2D eigenvalue weighted by Crippen LogP contribution is -2.28. The van der Waals surface area contributed by atoms with E-state index in [0.717, 1.165) is 16.9 Å². The second-order valence-electron chi connectivity index (χ2n) is 5.96. The molecule has 1 aromatic heterocycles. The van der Waals surface area contributed by atoms with Gasteiger partial charge in [0.1, 0.15) is 5.76 Å². The minimum Gasteiger partial charge on any atom is -0.469 e. The van der Waals surface area contributed by atoms with Gasteiger partial charge in [-0.05, 0) is 29.5 Å².